The van der Waals surface area contributed by atoms with Crippen molar-refractivity contribution in [3.63, 3.8) is 0 Å². The third kappa shape index (κ3) is 3.80. The van der Waals surface area contributed by atoms with Gasteiger partial charge in [0.25, 0.3) is 5.91 Å². The molecule has 1 aromatic heterocycles. The lowest BCUT2D eigenvalue weighted by atomic mass is 9.98. The van der Waals surface area contributed by atoms with Gasteiger partial charge in [0.1, 0.15) is 5.75 Å². The number of aromatic hydroxyl groups is 1. The van der Waals surface area contributed by atoms with E-state index in [4.69, 9.17) is 4.74 Å². The Kier molecular flexibility index (Phi) is 5.07. The first-order chi connectivity index (χ1) is 14.8. The van der Waals surface area contributed by atoms with Gasteiger partial charge in [-0.1, -0.05) is 37.8 Å². The van der Waals surface area contributed by atoms with Crippen LogP contribution in [0.1, 0.15) is 30.9 Å². The van der Waals surface area contributed by atoms with Crippen LogP contribution in [0, 0.1) is 11.8 Å². The second-order valence-electron chi connectivity index (χ2n) is 7.88. The third-order valence-corrected chi connectivity index (χ3v) is 5.39. The van der Waals surface area contributed by atoms with Crippen molar-refractivity contribution < 1.29 is 19.4 Å². The van der Waals surface area contributed by atoms with Crippen molar-refractivity contribution in [3.8, 4) is 23.5 Å². The van der Waals surface area contributed by atoms with Crippen LogP contribution in [0.3, 0.4) is 0 Å². The molecule has 7 heteroatoms. The number of ether oxygens (including phenoxy) is 1. The molecule has 4 rings (SSSR count). The normalized spacial score (nSPS) is 17.9. The van der Waals surface area contributed by atoms with Gasteiger partial charge in [-0.25, -0.2) is 4.79 Å². The Morgan fingerprint density at radius 1 is 1.19 bits per heavy atom. The smallest absolute Gasteiger partial charge is 0.323 e. The van der Waals surface area contributed by atoms with Crippen molar-refractivity contribution in [2.75, 3.05) is 7.11 Å². The molecule has 0 saturated carbocycles. The monoisotopic (exact) mass is 417 g/mol. The lowest BCUT2D eigenvalue weighted by Gasteiger charge is -2.20. The van der Waals surface area contributed by atoms with Crippen LogP contribution in [0.15, 0.2) is 48.7 Å². The van der Waals surface area contributed by atoms with Gasteiger partial charge in [0.05, 0.1) is 13.7 Å². The maximum absolute atomic E-state index is 12.7. The fourth-order valence-corrected chi connectivity index (χ4v) is 3.61. The minimum absolute atomic E-state index is 0.0363. The van der Waals surface area contributed by atoms with Gasteiger partial charge >= 0.3 is 6.03 Å². The van der Waals surface area contributed by atoms with Crippen molar-refractivity contribution in [3.05, 3.63) is 59.8 Å². The van der Waals surface area contributed by atoms with Gasteiger partial charge in [0.15, 0.2) is 5.88 Å². The van der Waals surface area contributed by atoms with E-state index in [1.54, 1.807) is 25.4 Å². The second kappa shape index (κ2) is 7.73. The largest absolute Gasteiger partial charge is 0.497 e. The van der Waals surface area contributed by atoms with Crippen LogP contribution in [0.2, 0.25) is 0 Å². The molecule has 3 amide bonds. The fraction of sp³-hybridized carbons (Fsp3) is 0.250. The number of aromatic nitrogens is 1. The van der Waals surface area contributed by atoms with Gasteiger partial charge in [-0.2, -0.15) is 0 Å². The van der Waals surface area contributed by atoms with E-state index in [1.807, 2.05) is 30.3 Å². The molecule has 2 aromatic carbocycles. The summed E-state index contributed by atoms with van der Waals surface area (Å²) in [4.78, 5) is 24.7. The minimum atomic E-state index is -1.51. The molecule has 2 heterocycles. The van der Waals surface area contributed by atoms with E-state index in [9.17, 15) is 14.7 Å². The zero-order valence-corrected chi connectivity index (χ0v) is 17.5. The number of nitrogens with one attached hydrogen (secondary N) is 2. The summed E-state index contributed by atoms with van der Waals surface area (Å²) in [5.41, 5.74) is 0.358. The molecular weight excluding hydrogens is 394 g/mol. The van der Waals surface area contributed by atoms with Gasteiger partial charge in [0.2, 0.25) is 5.54 Å². The average molecular weight is 417 g/mol. The molecular formula is C24H23N3O4. The second-order valence-corrected chi connectivity index (χ2v) is 7.88. The Morgan fingerprint density at radius 3 is 2.68 bits per heavy atom. The van der Waals surface area contributed by atoms with Crippen LogP contribution in [0.5, 0.6) is 11.6 Å². The number of imide groups is 1. The molecule has 0 aliphatic carbocycles. The summed E-state index contributed by atoms with van der Waals surface area (Å²) in [5.74, 6) is 6.33. The minimum Gasteiger partial charge on any atom is -0.497 e. The van der Waals surface area contributed by atoms with E-state index in [2.05, 4.69) is 36.3 Å². The SMILES string of the molecule is COc1ccc2cn(C[C@]3(C#Cc4cccc(C(C)C)c4)NC(=O)NC3=O)c(O)c2c1. The van der Waals surface area contributed by atoms with Crippen molar-refractivity contribution >= 4 is 22.7 Å². The summed E-state index contributed by atoms with van der Waals surface area (Å²) >= 11 is 0. The summed E-state index contributed by atoms with van der Waals surface area (Å²) in [7, 11) is 1.55. The maximum atomic E-state index is 12.7. The average Bonchev–Trinajstić information content (AvgIpc) is 3.21. The number of carbonyl (C=O) groups excluding carboxylic acids is 2. The van der Waals surface area contributed by atoms with Gasteiger partial charge in [-0.05, 0) is 41.8 Å². The van der Waals surface area contributed by atoms with Crippen LogP contribution >= 0.6 is 0 Å². The number of hydrogen-bond donors (Lipinski definition) is 3. The molecule has 3 aromatic rings. The van der Waals surface area contributed by atoms with Crippen LogP contribution in [0.4, 0.5) is 4.79 Å². The highest BCUT2D eigenvalue weighted by molar-refractivity contribution is 6.09. The highest BCUT2D eigenvalue weighted by Gasteiger charge is 2.46. The highest BCUT2D eigenvalue weighted by atomic mass is 16.5. The molecule has 1 fully saturated rings. The summed E-state index contributed by atoms with van der Waals surface area (Å²) in [6, 6.07) is 12.5. The standard InChI is InChI=1S/C24H23N3O4/c1-15(2)17-6-4-5-16(11-17)9-10-24(22(29)25-23(30)26-24)14-27-13-18-7-8-19(31-3)12-20(18)21(27)28/h4-8,11-13,15,28H,14H2,1-3H3,(H2,25,26,29,30)/t24-/m0/s1. The summed E-state index contributed by atoms with van der Waals surface area (Å²) in [5, 5.41) is 17.0. The summed E-state index contributed by atoms with van der Waals surface area (Å²) in [6.45, 7) is 4.13. The van der Waals surface area contributed by atoms with E-state index in [0.717, 1.165) is 16.5 Å². The maximum Gasteiger partial charge on any atom is 0.323 e. The highest BCUT2D eigenvalue weighted by Crippen LogP contribution is 2.32. The number of carbonyl (C=O) groups is 2. The van der Waals surface area contributed by atoms with Gasteiger partial charge in [-0.3, -0.25) is 10.1 Å². The number of fused-ring (bicyclic) bond motifs is 1. The molecule has 1 atom stereocenters. The number of urea groups is 1. The Hall–Kier alpha value is -3.92. The van der Waals surface area contributed by atoms with Crippen LogP contribution in [0.25, 0.3) is 10.8 Å². The number of benzene rings is 2. The van der Waals surface area contributed by atoms with Gasteiger partial charge < -0.3 is 19.7 Å². The number of amides is 3. The molecule has 1 aliphatic rings. The first-order valence-electron chi connectivity index (χ1n) is 9.94. The molecule has 0 radical (unpaired) electrons. The number of methoxy groups -OCH3 is 1. The zero-order chi connectivity index (χ0) is 22.2. The molecule has 0 spiro atoms. The predicted octanol–water partition coefficient (Wildman–Crippen LogP) is 3.11. The van der Waals surface area contributed by atoms with E-state index < -0.39 is 17.5 Å². The molecule has 3 N–H and O–H groups in total. The number of hydrogen-bond acceptors (Lipinski definition) is 4. The summed E-state index contributed by atoms with van der Waals surface area (Å²) in [6.07, 6.45) is 1.71. The van der Waals surface area contributed by atoms with E-state index >= 15 is 0 Å². The third-order valence-electron chi connectivity index (χ3n) is 5.39. The number of rotatable bonds is 4. The van der Waals surface area contributed by atoms with E-state index in [-0.39, 0.29) is 12.4 Å². The van der Waals surface area contributed by atoms with E-state index in [1.165, 1.54) is 4.57 Å². The number of nitrogens with zero attached hydrogens (tertiary/aromatic N) is 1. The Morgan fingerprint density at radius 2 is 2.00 bits per heavy atom. The molecule has 158 valence electrons. The lowest BCUT2D eigenvalue weighted by Crippen LogP contribution is -2.49. The molecule has 1 saturated heterocycles. The molecule has 1 aliphatic heterocycles. The van der Waals surface area contributed by atoms with Crippen LogP contribution in [-0.4, -0.2) is 34.3 Å². The van der Waals surface area contributed by atoms with Crippen LogP contribution < -0.4 is 15.4 Å². The Bertz CT molecular complexity index is 1250. The topological polar surface area (TPSA) is 92.6 Å². The first-order valence-corrected chi connectivity index (χ1v) is 9.94. The molecule has 7 nitrogen and oxygen atoms in total. The first kappa shape index (κ1) is 20.4. The molecule has 0 bridgehead atoms. The predicted molar refractivity (Wildman–Crippen MR) is 117 cm³/mol. The van der Waals surface area contributed by atoms with Gasteiger partial charge in [-0.15, -0.1) is 0 Å². The van der Waals surface area contributed by atoms with Crippen LogP contribution in [-0.2, 0) is 11.3 Å². The Balaban J connectivity index is 1.74. The van der Waals surface area contributed by atoms with Crippen molar-refractivity contribution in [2.24, 2.45) is 0 Å². The van der Waals surface area contributed by atoms with Gasteiger partial charge in [0, 0.05) is 22.5 Å². The molecule has 0 unspecified atom stereocenters. The van der Waals surface area contributed by atoms with Crippen molar-refractivity contribution in [1.82, 2.24) is 15.2 Å². The Labute approximate surface area is 180 Å². The lowest BCUT2D eigenvalue weighted by molar-refractivity contribution is -0.122. The van der Waals surface area contributed by atoms with Crippen molar-refractivity contribution in [2.45, 2.75) is 31.8 Å². The van der Waals surface area contributed by atoms with Crippen molar-refractivity contribution in [1.29, 1.82) is 0 Å². The quantitative estimate of drug-likeness (QED) is 0.449. The van der Waals surface area contributed by atoms with E-state index in [0.29, 0.717) is 17.1 Å². The summed E-state index contributed by atoms with van der Waals surface area (Å²) < 4.78 is 6.73. The molecule has 31 heavy (non-hydrogen) atoms. The zero-order valence-electron chi connectivity index (χ0n) is 17.5. The fourth-order valence-electron chi connectivity index (χ4n) is 3.61.